The van der Waals surface area contributed by atoms with Crippen LogP contribution in [0.3, 0.4) is 0 Å². The number of likely N-dealkylation sites (tertiary alicyclic amines) is 1. The van der Waals surface area contributed by atoms with Crippen molar-refractivity contribution in [2.45, 2.75) is 30.7 Å². The predicted octanol–water partition coefficient (Wildman–Crippen LogP) is 0.990. The molecule has 10 heteroatoms. The van der Waals surface area contributed by atoms with E-state index in [2.05, 4.69) is 4.72 Å². The van der Waals surface area contributed by atoms with Crippen LogP contribution in [0.4, 0.5) is 0 Å². The van der Waals surface area contributed by atoms with Crippen LogP contribution in [0.2, 0.25) is 0 Å². The molecule has 1 aromatic rings. The van der Waals surface area contributed by atoms with Gasteiger partial charge in [-0.2, -0.15) is 0 Å². The number of nitrogens with two attached hydrogens (primary N) is 1. The first kappa shape index (κ1) is 23.5. The van der Waals surface area contributed by atoms with E-state index in [0.717, 1.165) is 6.42 Å². The maximum Gasteiger partial charge on any atom is 0.240 e. The van der Waals surface area contributed by atoms with Crippen molar-refractivity contribution in [1.29, 1.82) is 0 Å². The van der Waals surface area contributed by atoms with Gasteiger partial charge >= 0.3 is 0 Å². The van der Waals surface area contributed by atoms with Crippen LogP contribution < -0.4 is 19.9 Å². The molecule has 1 aliphatic heterocycles. The summed E-state index contributed by atoms with van der Waals surface area (Å²) >= 11 is 0. The lowest BCUT2D eigenvalue weighted by Crippen LogP contribution is -2.37. The highest BCUT2D eigenvalue weighted by atomic mass is 35.5. The van der Waals surface area contributed by atoms with E-state index in [4.69, 9.17) is 15.2 Å². The summed E-state index contributed by atoms with van der Waals surface area (Å²) in [6.07, 6.45) is 0.994. The Hall–Kier alpha value is -1.55. The van der Waals surface area contributed by atoms with Crippen LogP contribution >= 0.6 is 12.4 Å². The number of sulfonamides is 1. The van der Waals surface area contributed by atoms with Crippen molar-refractivity contribution in [2.24, 2.45) is 11.7 Å². The second-order valence-electron chi connectivity index (χ2n) is 6.40. The minimum absolute atomic E-state index is 0. The lowest BCUT2D eigenvalue weighted by Gasteiger charge is -2.21. The summed E-state index contributed by atoms with van der Waals surface area (Å²) in [6.45, 7) is 3.21. The maximum atomic E-state index is 12.4. The third kappa shape index (κ3) is 5.71. The van der Waals surface area contributed by atoms with Gasteiger partial charge in [-0.1, -0.05) is 0 Å². The van der Waals surface area contributed by atoms with E-state index in [1.807, 2.05) is 6.92 Å². The molecule has 1 amide bonds. The number of ether oxygens (including phenoxy) is 2. The van der Waals surface area contributed by atoms with Crippen LogP contribution in [0.15, 0.2) is 23.1 Å². The lowest BCUT2D eigenvalue weighted by atomic mass is 10.1. The van der Waals surface area contributed by atoms with E-state index in [-0.39, 0.29) is 42.2 Å². The van der Waals surface area contributed by atoms with Gasteiger partial charge in [-0.25, -0.2) is 13.1 Å². The molecule has 2 unspecified atom stereocenters. The molecule has 0 aliphatic carbocycles. The lowest BCUT2D eigenvalue weighted by molar-refractivity contribution is -0.131. The van der Waals surface area contributed by atoms with Crippen molar-refractivity contribution < 1.29 is 22.7 Å². The zero-order chi connectivity index (χ0) is 19.3. The number of carbonyl (C=O) groups is 1. The summed E-state index contributed by atoms with van der Waals surface area (Å²) in [5, 5.41) is 0. The van der Waals surface area contributed by atoms with Crippen LogP contribution in [0.25, 0.3) is 0 Å². The number of amides is 1. The average molecular weight is 422 g/mol. The van der Waals surface area contributed by atoms with Gasteiger partial charge in [-0.3, -0.25) is 4.79 Å². The number of methoxy groups -OCH3 is 2. The first-order chi connectivity index (χ1) is 12.3. The molecule has 3 N–H and O–H groups in total. The number of carbonyl (C=O) groups excluding carboxylic acids is 1. The zero-order valence-corrected chi connectivity index (χ0v) is 17.4. The monoisotopic (exact) mass is 421 g/mol. The van der Waals surface area contributed by atoms with Crippen molar-refractivity contribution in [2.75, 3.05) is 33.9 Å². The van der Waals surface area contributed by atoms with E-state index >= 15 is 0 Å². The van der Waals surface area contributed by atoms with Gasteiger partial charge in [-0.15, -0.1) is 12.4 Å². The summed E-state index contributed by atoms with van der Waals surface area (Å²) in [5.41, 5.74) is 5.68. The molecule has 0 radical (unpaired) electrons. The highest BCUT2D eigenvalue weighted by Crippen LogP contribution is 2.29. The number of benzene rings is 1. The van der Waals surface area contributed by atoms with Gasteiger partial charge in [-0.05, 0) is 37.9 Å². The third-order valence-electron chi connectivity index (χ3n) is 4.61. The molecular formula is C17H28ClN3O5S. The molecule has 1 heterocycles. The van der Waals surface area contributed by atoms with Gasteiger partial charge in [0, 0.05) is 31.6 Å². The SMILES string of the molecule is COc1ccc(S(=O)(=O)NCCC(=O)N2CC(CN)CC2C)cc1OC.Cl. The Labute approximate surface area is 166 Å². The topological polar surface area (TPSA) is 111 Å². The fraction of sp³-hybridized carbons (Fsp3) is 0.588. The Balaban J connectivity index is 0.00000364. The maximum absolute atomic E-state index is 12.4. The third-order valence-corrected chi connectivity index (χ3v) is 6.07. The van der Waals surface area contributed by atoms with Gasteiger partial charge in [0.15, 0.2) is 11.5 Å². The van der Waals surface area contributed by atoms with Crippen LogP contribution in [-0.4, -0.2) is 59.1 Å². The van der Waals surface area contributed by atoms with Crippen LogP contribution in [0.5, 0.6) is 11.5 Å². The smallest absolute Gasteiger partial charge is 0.240 e. The van der Waals surface area contributed by atoms with Crippen molar-refractivity contribution >= 4 is 28.3 Å². The minimum Gasteiger partial charge on any atom is -0.493 e. The zero-order valence-electron chi connectivity index (χ0n) is 15.8. The second kappa shape index (κ2) is 10.1. The largest absolute Gasteiger partial charge is 0.493 e. The Kier molecular flexibility index (Phi) is 8.80. The highest BCUT2D eigenvalue weighted by Gasteiger charge is 2.31. The number of hydrogen-bond donors (Lipinski definition) is 2. The quantitative estimate of drug-likeness (QED) is 0.647. The van der Waals surface area contributed by atoms with Crippen molar-refractivity contribution in [1.82, 2.24) is 9.62 Å². The van der Waals surface area contributed by atoms with Crippen molar-refractivity contribution in [3.63, 3.8) is 0 Å². The highest BCUT2D eigenvalue weighted by molar-refractivity contribution is 7.89. The van der Waals surface area contributed by atoms with E-state index in [1.54, 1.807) is 4.90 Å². The summed E-state index contributed by atoms with van der Waals surface area (Å²) in [7, 11) is -0.829. The van der Waals surface area contributed by atoms with E-state index in [1.165, 1.54) is 32.4 Å². The molecule has 2 rings (SSSR count). The molecule has 1 saturated heterocycles. The molecule has 1 aliphatic rings. The number of rotatable bonds is 8. The fourth-order valence-electron chi connectivity index (χ4n) is 3.16. The molecule has 1 fully saturated rings. The van der Waals surface area contributed by atoms with Gasteiger partial charge < -0.3 is 20.1 Å². The molecule has 1 aromatic carbocycles. The molecule has 0 saturated carbocycles. The van der Waals surface area contributed by atoms with E-state index < -0.39 is 10.0 Å². The van der Waals surface area contributed by atoms with Crippen molar-refractivity contribution in [3.05, 3.63) is 18.2 Å². The summed E-state index contributed by atoms with van der Waals surface area (Å²) in [6, 6.07) is 4.48. The summed E-state index contributed by atoms with van der Waals surface area (Å²) in [5.74, 6) is 1.02. The van der Waals surface area contributed by atoms with Gasteiger partial charge in [0.25, 0.3) is 0 Å². The molecule has 2 atom stereocenters. The van der Waals surface area contributed by atoms with E-state index in [9.17, 15) is 13.2 Å². The minimum atomic E-state index is -3.74. The normalized spacial score (nSPS) is 19.5. The Morgan fingerprint density at radius 2 is 1.96 bits per heavy atom. The number of nitrogens with zero attached hydrogens (tertiary/aromatic N) is 1. The Bertz CT molecular complexity index is 744. The van der Waals surface area contributed by atoms with Gasteiger partial charge in [0.2, 0.25) is 15.9 Å². The van der Waals surface area contributed by atoms with Crippen LogP contribution in [0, 0.1) is 5.92 Å². The van der Waals surface area contributed by atoms with Crippen molar-refractivity contribution in [3.8, 4) is 11.5 Å². The predicted molar refractivity (Wildman–Crippen MR) is 105 cm³/mol. The van der Waals surface area contributed by atoms with E-state index in [0.29, 0.717) is 30.5 Å². The molecule has 8 nitrogen and oxygen atoms in total. The van der Waals surface area contributed by atoms with Crippen LogP contribution in [0.1, 0.15) is 19.8 Å². The number of halogens is 1. The molecule has 0 bridgehead atoms. The number of nitrogens with one attached hydrogen (secondary N) is 1. The first-order valence-electron chi connectivity index (χ1n) is 8.53. The molecular weight excluding hydrogens is 394 g/mol. The standard InChI is InChI=1S/C17H27N3O5S.ClH/c1-12-8-13(10-18)11-20(12)17(21)6-7-19-26(22,23)14-4-5-15(24-2)16(9-14)25-3;/h4-5,9,12-13,19H,6-8,10-11,18H2,1-3H3;1H. The molecule has 0 aromatic heterocycles. The number of hydrogen-bond acceptors (Lipinski definition) is 6. The molecule has 0 spiro atoms. The molecule has 154 valence electrons. The Morgan fingerprint density at radius 1 is 1.30 bits per heavy atom. The van der Waals surface area contributed by atoms with Crippen LogP contribution in [-0.2, 0) is 14.8 Å². The van der Waals surface area contributed by atoms with Gasteiger partial charge in [0.1, 0.15) is 0 Å². The first-order valence-corrected chi connectivity index (χ1v) is 10.0. The fourth-order valence-corrected chi connectivity index (χ4v) is 4.21. The Morgan fingerprint density at radius 3 is 2.52 bits per heavy atom. The molecule has 27 heavy (non-hydrogen) atoms. The average Bonchev–Trinajstić information content (AvgIpc) is 3.01. The second-order valence-corrected chi connectivity index (χ2v) is 8.16. The summed E-state index contributed by atoms with van der Waals surface area (Å²) in [4.78, 5) is 14.2. The van der Waals surface area contributed by atoms with Gasteiger partial charge in [0.05, 0.1) is 19.1 Å². The summed E-state index contributed by atoms with van der Waals surface area (Å²) < 4.78 is 37.5.